The average molecular weight is 521 g/mol. The molecule has 0 N–H and O–H groups in total. The SMILES string of the molecule is CC(C)(C)OC(=O)N1CCC(c2ccc(F)cc2)(C2CCN(Cc3cc(Cl)cc(Cl)c3)C2=O)CC1. The number of carbonyl (C=O) groups is 2. The minimum atomic E-state index is -0.576. The lowest BCUT2D eigenvalue weighted by Gasteiger charge is -2.45. The van der Waals surface area contributed by atoms with Crippen LogP contribution in [0.5, 0.6) is 0 Å². The van der Waals surface area contributed by atoms with Crippen molar-refractivity contribution in [3.8, 4) is 0 Å². The Balaban J connectivity index is 1.57. The van der Waals surface area contributed by atoms with Crippen molar-refractivity contribution >= 4 is 35.2 Å². The van der Waals surface area contributed by atoms with Gasteiger partial charge in [-0.25, -0.2) is 9.18 Å². The van der Waals surface area contributed by atoms with E-state index in [4.69, 9.17) is 27.9 Å². The average Bonchev–Trinajstić information content (AvgIpc) is 3.13. The zero-order chi connectivity index (χ0) is 25.4. The largest absolute Gasteiger partial charge is 0.444 e. The summed E-state index contributed by atoms with van der Waals surface area (Å²) in [6.07, 6.45) is 1.55. The third kappa shape index (κ3) is 5.75. The Kier molecular flexibility index (Phi) is 7.35. The summed E-state index contributed by atoms with van der Waals surface area (Å²) < 4.78 is 19.3. The molecule has 2 saturated heterocycles. The summed E-state index contributed by atoms with van der Waals surface area (Å²) in [5.74, 6) is -0.508. The molecule has 8 heteroatoms. The van der Waals surface area contributed by atoms with Crippen LogP contribution in [-0.4, -0.2) is 47.0 Å². The predicted molar refractivity (Wildman–Crippen MR) is 135 cm³/mol. The lowest BCUT2D eigenvalue weighted by molar-refractivity contribution is -0.134. The van der Waals surface area contributed by atoms with Crippen LogP contribution in [0.3, 0.4) is 0 Å². The molecular weight excluding hydrogens is 490 g/mol. The molecule has 1 atom stereocenters. The Morgan fingerprint density at radius 3 is 2.23 bits per heavy atom. The summed E-state index contributed by atoms with van der Waals surface area (Å²) in [5, 5.41) is 1.07. The van der Waals surface area contributed by atoms with Gasteiger partial charge in [-0.2, -0.15) is 0 Å². The standard InChI is InChI=1S/C27H31Cl2FN2O3/c1-26(2,3)35-25(34)31-12-9-27(10-13-31,19-4-6-22(30)7-5-19)23-8-11-32(24(23)33)17-18-14-20(28)16-21(29)15-18/h4-7,14-16,23H,8-13,17H2,1-3H3. The zero-order valence-electron chi connectivity index (χ0n) is 20.3. The molecule has 35 heavy (non-hydrogen) atoms. The lowest BCUT2D eigenvalue weighted by atomic mass is 9.64. The van der Waals surface area contributed by atoms with Crippen LogP contribution in [0.1, 0.15) is 51.2 Å². The fraction of sp³-hybridized carbons (Fsp3) is 0.481. The highest BCUT2D eigenvalue weighted by atomic mass is 35.5. The Hall–Kier alpha value is -2.31. The maximum atomic E-state index is 13.8. The molecule has 1 unspecified atom stereocenters. The van der Waals surface area contributed by atoms with Gasteiger partial charge >= 0.3 is 6.09 Å². The first-order chi connectivity index (χ1) is 16.5. The molecule has 5 nitrogen and oxygen atoms in total. The second-order valence-electron chi connectivity index (χ2n) is 10.5. The molecule has 4 rings (SSSR count). The van der Waals surface area contributed by atoms with Crippen LogP contribution in [0.25, 0.3) is 0 Å². The van der Waals surface area contributed by atoms with Crippen LogP contribution in [-0.2, 0) is 21.5 Å². The number of rotatable bonds is 4. The summed E-state index contributed by atoms with van der Waals surface area (Å²) in [4.78, 5) is 29.9. The third-order valence-corrected chi connectivity index (χ3v) is 7.42. The topological polar surface area (TPSA) is 49.9 Å². The molecule has 2 heterocycles. The van der Waals surface area contributed by atoms with Crippen LogP contribution in [0.2, 0.25) is 10.0 Å². The van der Waals surface area contributed by atoms with Gasteiger partial charge in [0.2, 0.25) is 5.91 Å². The highest BCUT2D eigenvalue weighted by Gasteiger charge is 2.50. The summed E-state index contributed by atoms with van der Waals surface area (Å²) in [6.45, 7) is 7.52. The number of nitrogens with zero attached hydrogens (tertiary/aromatic N) is 2. The minimum absolute atomic E-state index is 0.0659. The van der Waals surface area contributed by atoms with Crippen molar-refractivity contribution in [2.45, 2.75) is 57.6 Å². The molecule has 188 valence electrons. The number of hydrogen-bond acceptors (Lipinski definition) is 3. The molecule has 2 amide bonds. The molecule has 0 radical (unpaired) electrons. The van der Waals surface area contributed by atoms with Gasteiger partial charge in [-0.15, -0.1) is 0 Å². The number of amides is 2. The number of benzene rings is 2. The van der Waals surface area contributed by atoms with Gasteiger partial charge in [0.05, 0.1) is 0 Å². The summed E-state index contributed by atoms with van der Waals surface area (Å²) in [7, 11) is 0. The van der Waals surface area contributed by atoms with Crippen molar-refractivity contribution in [3.05, 3.63) is 69.5 Å². The first kappa shape index (κ1) is 25.8. The van der Waals surface area contributed by atoms with Gasteiger partial charge in [0.15, 0.2) is 0 Å². The molecule has 2 aliphatic rings. The Morgan fingerprint density at radius 2 is 1.66 bits per heavy atom. The minimum Gasteiger partial charge on any atom is -0.444 e. The van der Waals surface area contributed by atoms with Crippen molar-refractivity contribution in [2.75, 3.05) is 19.6 Å². The van der Waals surface area contributed by atoms with Gasteiger partial charge in [0.1, 0.15) is 11.4 Å². The molecule has 0 bridgehead atoms. The quantitative estimate of drug-likeness (QED) is 0.465. The smallest absolute Gasteiger partial charge is 0.410 e. The highest BCUT2D eigenvalue weighted by molar-refractivity contribution is 6.34. The molecule has 2 aromatic rings. The van der Waals surface area contributed by atoms with Crippen LogP contribution in [0.4, 0.5) is 9.18 Å². The van der Waals surface area contributed by atoms with E-state index >= 15 is 0 Å². The monoisotopic (exact) mass is 520 g/mol. The van der Waals surface area contributed by atoms with E-state index in [-0.39, 0.29) is 23.7 Å². The molecule has 2 aromatic carbocycles. The molecule has 0 aromatic heterocycles. The van der Waals surface area contributed by atoms with Gasteiger partial charge in [-0.1, -0.05) is 35.3 Å². The third-order valence-electron chi connectivity index (χ3n) is 6.99. The second kappa shape index (κ2) is 9.98. The highest BCUT2D eigenvalue weighted by Crippen LogP contribution is 2.47. The summed E-state index contributed by atoms with van der Waals surface area (Å²) in [6, 6.07) is 11.8. The van der Waals surface area contributed by atoms with E-state index in [0.29, 0.717) is 55.5 Å². The molecule has 2 aliphatic heterocycles. The summed E-state index contributed by atoms with van der Waals surface area (Å²) >= 11 is 12.3. The van der Waals surface area contributed by atoms with Crippen molar-refractivity contribution in [1.29, 1.82) is 0 Å². The fourth-order valence-corrected chi connectivity index (χ4v) is 5.94. The van der Waals surface area contributed by atoms with Crippen LogP contribution < -0.4 is 0 Å². The van der Waals surface area contributed by atoms with Crippen molar-refractivity contribution in [1.82, 2.24) is 9.80 Å². The zero-order valence-corrected chi connectivity index (χ0v) is 21.8. The first-order valence-corrected chi connectivity index (χ1v) is 12.7. The number of ether oxygens (including phenoxy) is 1. The molecule has 2 fully saturated rings. The lowest BCUT2D eigenvalue weighted by Crippen LogP contribution is -2.51. The van der Waals surface area contributed by atoms with Crippen LogP contribution >= 0.6 is 23.2 Å². The predicted octanol–water partition coefficient (Wildman–Crippen LogP) is 6.45. The van der Waals surface area contributed by atoms with Gasteiger partial charge in [0, 0.05) is 47.6 Å². The van der Waals surface area contributed by atoms with Gasteiger partial charge in [-0.05, 0) is 81.5 Å². The number of carbonyl (C=O) groups excluding carboxylic acids is 2. The summed E-state index contributed by atoms with van der Waals surface area (Å²) in [5.41, 5.74) is 0.762. The number of halogens is 3. The van der Waals surface area contributed by atoms with E-state index in [9.17, 15) is 14.0 Å². The number of piperidine rings is 1. The van der Waals surface area contributed by atoms with Crippen LogP contribution in [0, 0.1) is 11.7 Å². The van der Waals surface area contributed by atoms with Gasteiger partial charge < -0.3 is 14.5 Å². The molecule has 0 saturated carbocycles. The number of likely N-dealkylation sites (tertiary alicyclic amines) is 2. The van der Waals surface area contributed by atoms with E-state index in [1.165, 1.54) is 12.1 Å². The van der Waals surface area contributed by atoms with E-state index in [1.54, 1.807) is 23.1 Å². The van der Waals surface area contributed by atoms with Gasteiger partial charge in [0.25, 0.3) is 0 Å². The first-order valence-electron chi connectivity index (χ1n) is 11.9. The van der Waals surface area contributed by atoms with E-state index in [2.05, 4.69) is 0 Å². The second-order valence-corrected chi connectivity index (χ2v) is 11.4. The Bertz CT molecular complexity index is 1070. The van der Waals surface area contributed by atoms with Crippen molar-refractivity contribution < 1.29 is 18.7 Å². The van der Waals surface area contributed by atoms with Crippen molar-refractivity contribution in [3.63, 3.8) is 0 Å². The Morgan fingerprint density at radius 1 is 1.06 bits per heavy atom. The number of hydrogen-bond donors (Lipinski definition) is 0. The Labute approximate surface area is 216 Å². The van der Waals surface area contributed by atoms with E-state index in [1.807, 2.05) is 37.8 Å². The maximum absolute atomic E-state index is 13.8. The maximum Gasteiger partial charge on any atom is 0.410 e. The van der Waals surface area contributed by atoms with E-state index in [0.717, 1.165) is 11.1 Å². The molecular formula is C27H31Cl2FN2O3. The van der Waals surface area contributed by atoms with Crippen LogP contribution in [0.15, 0.2) is 42.5 Å². The molecule has 0 spiro atoms. The molecule has 0 aliphatic carbocycles. The van der Waals surface area contributed by atoms with Gasteiger partial charge in [-0.3, -0.25) is 4.79 Å². The normalized spacial score (nSPS) is 20.3. The fourth-order valence-electron chi connectivity index (χ4n) is 5.37. The van der Waals surface area contributed by atoms with Crippen molar-refractivity contribution in [2.24, 2.45) is 5.92 Å². The van der Waals surface area contributed by atoms with E-state index < -0.39 is 11.0 Å².